The van der Waals surface area contributed by atoms with Crippen LogP contribution in [-0.2, 0) is 16.5 Å². The number of hydrogen-bond donors (Lipinski definition) is 1. The summed E-state index contributed by atoms with van der Waals surface area (Å²) in [6.07, 6.45) is 8.59. The van der Waals surface area contributed by atoms with Gasteiger partial charge < -0.3 is 0 Å². The zero-order chi connectivity index (χ0) is 13.3. The Hall–Kier alpha value is -0.390. The third-order valence-electron chi connectivity index (χ3n) is 2.91. The van der Waals surface area contributed by atoms with Crippen LogP contribution in [0.4, 0.5) is 0 Å². The Bertz CT molecular complexity index is 396. The van der Waals surface area contributed by atoms with Crippen molar-refractivity contribution in [2.75, 3.05) is 5.75 Å². The van der Waals surface area contributed by atoms with Gasteiger partial charge in [-0.3, -0.25) is 4.55 Å². The standard InChI is InChI=1S/C13H22O3S2/c14-18(15,16)12-7-5-3-1-2-4-6-9-13-10-8-11-17-13/h8,10-11H,1-7,9,12H2,(H,14,15,16). The van der Waals surface area contributed by atoms with Gasteiger partial charge in [-0.15, -0.1) is 11.3 Å². The van der Waals surface area contributed by atoms with E-state index in [9.17, 15) is 8.42 Å². The van der Waals surface area contributed by atoms with E-state index in [1.165, 1.54) is 30.6 Å². The summed E-state index contributed by atoms with van der Waals surface area (Å²) >= 11 is 1.82. The second-order valence-corrected chi connectivity index (χ2v) is 7.19. The lowest BCUT2D eigenvalue weighted by Crippen LogP contribution is -2.03. The first-order valence-corrected chi connectivity index (χ1v) is 9.04. The average Bonchev–Trinajstić information content (AvgIpc) is 2.78. The van der Waals surface area contributed by atoms with E-state index in [0.717, 1.165) is 19.3 Å². The van der Waals surface area contributed by atoms with Gasteiger partial charge in [0.05, 0.1) is 5.75 Å². The second kappa shape index (κ2) is 8.67. The summed E-state index contributed by atoms with van der Waals surface area (Å²) in [5.41, 5.74) is 0. The first-order chi connectivity index (χ1) is 8.58. The molecule has 3 nitrogen and oxygen atoms in total. The zero-order valence-electron chi connectivity index (χ0n) is 10.7. The van der Waals surface area contributed by atoms with Gasteiger partial charge in [-0.1, -0.05) is 38.2 Å². The van der Waals surface area contributed by atoms with Crippen LogP contribution in [0.3, 0.4) is 0 Å². The zero-order valence-corrected chi connectivity index (χ0v) is 12.3. The molecular formula is C13H22O3S2. The van der Waals surface area contributed by atoms with Crippen molar-refractivity contribution in [1.82, 2.24) is 0 Å². The molecule has 1 rings (SSSR count). The molecule has 0 aliphatic carbocycles. The molecule has 0 saturated heterocycles. The van der Waals surface area contributed by atoms with Crippen LogP contribution < -0.4 is 0 Å². The minimum absolute atomic E-state index is 0.0919. The highest BCUT2D eigenvalue weighted by atomic mass is 32.2. The molecule has 0 aromatic carbocycles. The van der Waals surface area contributed by atoms with E-state index in [2.05, 4.69) is 17.5 Å². The summed E-state index contributed by atoms with van der Waals surface area (Å²) in [6, 6.07) is 4.27. The molecule has 0 atom stereocenters. The van der Waals surface area contributed by atoms with Gasteiger partial charge in [0.25, 0.3) is 10.1 Å². The fourth-order valence-corrected chi connectivity index (χ4v) is 3.24. The van der Waals surface area contributed by atoms with E-state index in [-0.39, 0.29) is 5.75 Å². The quantitative estimate of drug-likeness (QED) is 0.525. The highest BCUT2D eigenvalue weighted by Gasteiger charge is 2.02. The second-order valence-electron chi connectivity index (χ2n) is 4.59. The fraction of sp³-hybridized carbons (Fsp3) is 0.692. The molecule has 18 heavy (non-hydrogen) atoms. The van der Waals surface area contributed by atoms with E-state index in [0.29, 0.717) is 6.42 Å². The van der Waals surface area contributed by atoms with E-state index in [4.69, 9.17) is 4.55 Å². The molecule has 104 valence electrons. The van der Waals surface area contributed by atoms with Crippen molar-refractivity contribution >= 4 is 21.5 Å². The first-order valence-electron chi connectivity index (χ1n) is 6.55. The lowest BCUT2D eigenvalue weighted by molar-refractivity contribution is 0.478. The van der Waals surface area contributed by atoms with Crippen molar-refractivity contribution in [3.63, 3.8) is 0 Å². The molecule has 0 spiro atoms. The Kier molecular flexibility index (Phi) is 7.54. The molecule has 0 unspecified atom stereocenters. The molecule has 5 heteroatoms. The van der Waals surface area contributed by atoms with E-state index >= 15 is 0 Å². The molecule has 0 radical (unpaired) electrons. The summed E-state index contributed by atoms with van der Waals surface area (Å²) in [5.74, 6) is -0.0919. The van der Waals surface area contributed by atoms with Gasteiger partial charge >= 0.3 is 0 Å². The van der Waals surface area contributed by atoms with E-state index < -0.39 is 10.1 Å². The molecule has 0 fully saturated rings. The topological polar surface area (TPSA) is 54.4 Å². The minimum Gasteiger partial charge on any atom is -0.286 e. The van der Waals surface area contributed by atoms with Crippen LogP contribution in [0.15, 0.2) is 17.5 Å². The fourth-order valence-electron chi connectivity index (χ4n) is 1.92. The van der Waals surface area contributed by atoms with Crippen LogP contribution in [0.25, 0.3) is 0 Å². The Labute approximate surface area is 114 Å². The first kappa shape index (κ1) is 15.7. The Morgan fingerprint density at radius 3 is 2.17 bits per heavy atom. The maximum atomic E-state index is 10.5. The van der Waals surface area contributed by atoms with Gasteiger partial charge in [0.15, 0.2) is 0 Å². The predicted molar refractivity (Wildman–Crippen MR) is 76.8 cm³/mol. The van der Waals surface area contributed by atoms with Gasteiger partial charge in [-0.25, -0.2) is 0 Å². The summed E-state index contributed by atoms with van der Waals surface area (Å²) < 4.78 is 29.5. The molecule has 1 heterocycles. The number of thiophene rings is 1. The van der Waals surface area contributed by atoms with Crippen LogP contribution in [-0.4, -0.2) is 18.7 Å². The van der Waals surface area contributed by atoms with Crippen molar-refractivity contribution < 1.29 is 13.0 Å². The Morgan fingerprint density at radius 2 is 1.61 bits per heavy atom. The van der Waals surface area contributed by atoms with Crippen molar-refractivity contribution in [2.24, 2.45) is 0 Å². The summed E-state index contributed by atoms with van der Waals surface area (Å²) in [5, 5.41) is 2.12. The summed E-state index contributed by atoms with van der Waals surface area (Å²) in [4.78, 5) is 1.46. The van der Waals surface area contributed by atoms with Gasteiger partial charge in [0, 0.05) is 4.88 Å². The van der Waals surface area contributed by atoms with Crippen molar-refractivity contribution in [3.8, 4) is 0 Å². The highest BCUT2D eigenvalue weighted by molar-refractivity contribution is 7.85. The van der Waals surface area contributed by atoms with E-state index in [1.54, 1.807) is 0 Å². The van der Waals surface area contributed by atoms with Crippen LogP contribution >= 0.6 is 11.3 Å². The Balaban J connectivity index is 1.84. The lowest BCUT2D eigenvalue weighted by atomic mass is 10.1. The van der Waals surface area contributed by atoms with Gasteiger partial charge in [-0.05, 0) is 30.7 Å². The van der Waals surface area contributed by atoms with Crippen LogP contribution in [0.1, 0.15) is 49.8 Å². The number of hydrogen-bond acceptors (Lipinski definition) is 3. The molecular weight excluding hydrogens is 268 g/mol. The molecule has 0 bridgehead atoms. The predicted octanol–water partition coefficient (Wildman–Crippen LogP) is 3.91. The Morgan fingerprint density at radius 1 is 1.00 bits per heavy atom. The van der Waals surface area contributed by atoms with Crippen LogP contribution in [0.5, 0.6) is 0 Å². The molecule has 1 N–H and O–H groups in total. The maximum Gasteiger partial charge on any atom is 0.264 e. The molecule has 0 saturated carbocycles. The van der Waals surface area contributed by atoms with Crippen LogP contribution in [0.2, 0.25) is 0 Å². The van der Waals surface area contributed by atoms with Crippen molar-refractivity contribution in [2.45, 2.75) is 51.4 Å². The highest BCUT2D eigenvalue weighted by Crippen LogP contribution is 2.14. The van der Waals surface area contributed by atoms with Gasteiger partial charge in [0.2, 0.25) is 0 Å². The van der Waals surface area contributed by atoms with Crippen molar-refractivity contribution in [1.29, 1.82) is 0 Å². The largest absolute Gasteiger partial charge is 0.286 e. The lowest BCUT2D eigenvalue weighted by Gasteiger charge is -2.01. The maximum absolute atomic E-state index is 10.5. The van der Waals surface area contributed by atoms with E-state index in [1.807, 2.05) is 11.3 Å². The smallest absolute Gasteiger partial charge is 0.264 e. The molecule has 1 aromatic rings. The van der Waals surface area contributed by atoms with Crippen LogP contribution in [0, 0.1) is 0 Å². The van der Waals surface area contributed by atoms with Crippen molar-refractivity contribution in [3.05, 3.63) is 22.4 Å². The SMILES string of the molecule is O=S(=O)(O)CCCCCCCCCc1cccs1. The minimum atomic E-state index is -3.75. The third kappa shape index (κ3) is 8.66. The van der Waals surface area contributed by atoms with Gasteiger partial charge in [-0.2, -0.15) is 8.42 Å². The third-order valence-corrected chi connectivity index (χ3v) is 4.65. The molecule has 0 aliphatic rings. The number of unbranched alkanes of at least 4 members (excludes halogenated alkanes) is 6. The number of rotatable bonds is 10. The molecule has 0 aliphatic heterocycles. The summed E-state index contributed by atoms with van der Waals surface area (Å²) in [7, 11) is -3.75. The molecule has 0 amide bonds. The van der Waals surface area contributed by atoms with Gasteiger partial charge in [0.1, 0.15) is 0 Å². The summed E-state index contributed by atoms with van der Waals surface area (Å²) in [6.45, 7) is 0. The number of aryl methyl sites for hydroxylation is 1. The monoisotopic (exact) mass is 290 g/mol. The normalized spacial score (nSPS) is 11.8. The molecule has 1 aromatic heterocycles. The average molecular weight is 290 g/mol.